The van der Waals surface area contributed by atoms with Crippen LogP contribution in [0.15, 0.2) is 36.4 Å². The molecule has 5 nitrogen and oxygen atoms in total. The molecule has 1 N–H and O–H groups in total. The molecule has 0 radical (unpaired) electrons. The van der Waals surface area contributed by atoms with Gasteiger partial charge in [0, 0.05) is 22.6 Å². The van der Waals surface area contributed by atoms with E-state index >= 15 is 0 Å². The second kappa shape index (κ2) is 11.4. The van der Waals surface area contributed by atoms with Gasteiger partial charge in [-0.25, -0.2) is 0 Å². The first kappa shape index (κ1) is 25.0. The second-order valence-electron chi connectivity index (χ2n) is 7.88. The summed E-state index contributed by atoms with van der Waals surface area (Å²) in [6, 6.07) is 10.1. The number of nitrogens with one attached hydrogen (secondary N) is 1. The Balaban J connectivity index is 2.26. The van der Waals surface area contributed by atoms with E-state index in [1.165, 1.54) is 4.90 Å². The van der Waals surface area contributed by atoms with E-state index in [9.17, 15) is 9.59 Å². The van der Waals surface area contributed by atoms with E-state index in [0.29, 0.717) is 27.8 Å². The van der Waals surface area contributed by atoms with Gasteiger partial charge in [-0.3, -0.25) is 9.59 Å². The first-order chi connectivity index (χ1) is 14.6. The standard InChI is InChI=1S/C24H30Cl2N2O3/c1-6-22(24(30)27-15(2)3)28(13-18-8-9-19(25)12-21(18)26)23(29)14-31-20-10-7-16(4)17(5)11-20/h7-12,15,22H,6,13-14H2,1-5H3,(H,27,30)/t22-/m0/s1. The summed E-state index contributed by atoms with van der Waals surface area (Å²) in [6.45, 7) is 9.64. The number of hydrogen-bond acceptors (Lipinski definition) is 3. The number of hydrogen-bond donors (Lipinski definition) is 1. The molecule has 0 bridgehead atoms. The molecule has 2 aromatic carbocycles. The van der Waals surface area contributed by atoms with Crippen LogP contribution in [0.5, 0.6) is 5.75 Å². The number of benzene rings is 2. The Kier molecular flexibility index (Phi) is 9.20. The molecule has 0 aliphatic carbocycles. The van der Waals surface area contributed by atoms with Gasteiger partial charge in [0.05, 0.1) is 0 Å². The third-order valence-corrected chi connectivity index (χ3v) is 5.60. The highest BCUT2D eigenvalue weighted by molar-refractivity contribution is 6.35. The number of aryl methyl sites for hydroxylation is 2. The van der Waals surface area contributed by atoms with Crippen molar-refractivity contribution in [2.75, 3.05) is 6.61 Å². The second-order valence-corrected chi connectivity index (χ2v) is 8.72. The van der Waals surface area contributed by atoms with Crippen LogP contribution >= 0.6 is 23.2 Å². The van der Waals surface area contributed by atoms with E-state index in [1.807, 2.05) is 52.8 Å². The maximum atomic E-state index is 13.2. The van der Waals surface area contributed by atoms with Crippen LogP contribution in [0, 0.1) is 13.8 Å². The fourth-order valence-corrected chi connectivity index (χ4v) is 3.63. The summed E-state index contributed by atoms with van der Waals surface area (Å²) >= 11 is 12.3. The summed E-state index contributed by atoms with van der Waals surface area (Å²) in [5, 5.41) is 3.85. The zero-order valence-electron chi connectivity index (χ0n) is 18.7. The number of amides is 2. The number of nitrogens with zero attached hydrogens (tertiary/aromatic N) is 1. The molecule has 0 saturated carbocycles. The zero-order chi connectivity index (χ0) is 23.1. The van der Waals surface area contributed by atoms with Crippen molar-refractivity contribution in [2.24, 2.45) is 0 Å². The lowest BCUT2D eigenvalue weighted by Crippen LogP contribution is -2.51. The molecule has 0 saturated heterocycles. The minimum absolute atomic E-state index is 0.0376. The van der Waals surface area contributed by atoms with Gasteiger partial charge in [-0.15, -0.1) is 0 Å². The molecule has 0 fully saturated rings. The molecule has 0 aliphatic rings. The summed E-state index contributed by atoms with van der Waals surface area (Å²) < 4.78 is 5.75. The van der Waals surface area contributed by atoms with Crippen LogP contribution in [0.4, 0.5) is 0 Å². The zero-order valence-corrected chi connectivity index (χ0v) is 20.2. The third-order valence-electron chi connectivity index (χ3n) is 5.01. The Morgan fingerprint density at radius 1 is 1.06 bits per heavy atom. The molecule has 0 unspecified atom stereocenters. The van der Waals surface area contributed by atoms with Gasteiger partial charge in [0.15, 0.2) is 6.61 Å². The first-order valence-electron chi connectivity index (χ1n) is 10.4. The average Bonchev–Trinajstić information content (AvgIpc) is 2.69. The van der Waals surface area contributed by atoms with Crippen molar-refractivity contribution in [1.82, 2.24) is 10.2 Å². The highest BCUT2D eigenvalue weighted by Gasteiger charge is 2.29. The van der Waals surface area contributed by atoms with Gasteiger partial charge in [-0.1, -0.05) is 42.3 Å². The maximum absolute atomic E-state index is 13.2. The van der Waals surface area contributed by atoms with Gasteiger partial charge in [-0.05, 0) is 75.1 Å². The van der Waals surface area contributed by atoms with Crippen molar-refractivity contribution in [3.8, 4) is 5.75 Å². The average molecular weight is 465 g/mol. The molecule has 0 aromatic heterocycles. The van der Waals surface area contributed by atoms with E-state index in [2.05, 4.69) is 5.32 Å². The van der Waals surface area contributed by atoms with Crippen molar-refractivity contribution < 1.29 is 14.3 Å². The van der Waals surface area contributed by atoms with Crippen molar-refractivity contribution in [3.05, 3.63) is 63.1 Å². The van der Waals surface area contributed by atoms with Crippen molar-refractivity contribution in [3.63, 3.8) is 0 Å². The van der Waals surface area contributed by atoms with Crippen molar-refractivity contribution in [1.29, 1.82) is 0 Å². The fourth-order valence-electron chi connectivity index (χ4n) is 3.17. The van der Waals surface area contributed by atoms with Crippen LogP contribution in [-0.4, -0.2) is 35.4 Å². The van der Waals surface area contributed by atoms with Gasteiger partial charge in [-0.2, -0.15) is 0 Å². The van der Waals surface area contributed by atoms with E-state index in [1.54, 1.807) is 18.2 Å². The van der Waals surface area contributed by atoms with Crippen LogP contribution < -0.4 is 10.1 Å². The summed E-state index contributed by atoms with van der Waals surface area (Å²) in [5.74, 6) is 0.109. The minimum atomic E-state index is -0.648. The summed E-state index contributed by atoms with van der Waals surface area (Å²) in [4.78, 5) is 27.5. The summed E-state index contributed by atoms with van der Waals surface area (Å²) in [7, 11) is 0. The molecule has 7 heteroatoms. The molecule has 0 aliphatic heterocycles. The Morgan fingerprint density at radius 2 is 1.77 bits per heavy atom. The monoisotopic (exact) mass is 464 g/mol. The Morgan fingerprint density at radius 3 is 2.35 bits per heavy atom. The fraction of sp³-hybridized carbons (Fsp3) is 0.417. The number of carbonyl (C=O) groups is 2. The van der Waals surface area contributed by atoms with Crippen LogP contribution in [0.25, 0.3) is 0 Å². The molecule has 31 heavy (non-hydrogen) atoms. The number of halogens is 2. The molecule has 2 aromatic rings. The molecule has 0 heterocycles. The summed E-state index contributed by atoms with van der Waals surface area (Å²) in [5.41, 5.74) is 2.94. The molecule has 1 atom stereocenters. The number of rotatable bonds is 9. The van der Waals surface area contributed by atoms with Crippen LogP contribution in [0.3, 0.4) is 0 Å². The van der Waals surface area contributed by atoms with E-state index < -0.39 is 6.04 Å². The number of carbonyl (C=O) groups excluding carboxylic acids is 2. The van der Waals surface area contributed by atoms with Gasteiger partial charge in [0.25, 0.3) is 5.91 Å². The smallest absolute Gasteiger partial charge is 0.261 e. The van der Waals surface area contributed by atoms with Crippen LogP contribution in [0.2, 0.25) is 10.0 Å². The predicted octanol–water partition coefficient (Wildman–Crippen LogP) is 5.32. The van der Waals surface area contributed by atoms with Crippen molar-refractivity contribution in [2.45, 2.75) is 59.7 Å². The van der Waals surface area contributed by atoms with E-state index in [4.69, 9.17) is 27.9 Å². The lowest BCUT2D eigenvalue weighted by atomic mass is 10.1. The molecule has 2 amide bonds. The normalized spacial score (nSPS) is 11.9. The van der Waals surface area contributed by atoms with Crippen LogP contribution in [-0.2, 0) is 16.1 Å². The summed E-state index contributed by atoms with van der Waals surface area (Å²) in [6.07, 6.45) is 0.457. The van der Waals surface area contributed by atoms with Gasteiger partial charge < -0.3 is 15.0 Å². The quantitative estimate of drug-likeness (QED) is 0.545. The third kappa shape index (κ3) is 7.15. The molecule has 0 spiro atoms. The Labute approximate surface area is 194 Å². The molecule has 168 valence electrons. The Hall–Kier alpha value is -2.24. The lowest BCUT2D eigenvalue weighted by Gasteiger charge is -2.31. The lowest BCUT2D eigenvalue weighted by molar-refractivity contribution is -0.143. The molecule has 2 rings (SSSR count). The maximum Gasteiger partial charge on any atom is 0.261 e. The SMILES string of the molecule is CC[C@@H](C(=O)NC(C)C)N(Cc1ccc(Cl)cc1Cl)C(=O)COc1ccc(C)c(C)c1. The topological polar surface area (TPSA) is 58.6 Å². The van der Waals surface area contributed by atoms with Crippen molar-refractivity contribution >= 4 is 35.0 Å². The Bertz CT molecular complexity index is 931. The molecular formula is C24H30Cl2N2O3. The predicted molar refractivity (Wildman–Crippen MR) is 126 cm³/mol. The number of ether oxygens (including phenoxy) is 1. The molecular weight excluding hydrogens is 435 g/mol. The highest BCUT2D eigenvalue weighted by atomic mass is 35.5. The van der Waals surface area contributed by atoms with Gasteiger partial charge in [0.2, 0.25) is 5.91 Å². The van der Waals surface area contributed by atoms with E-state index in [0.717, 1.165) is 11.1 Å². The van der Waals surface area contributed by atoms with Gasteiger partial charge >= 0.3 is 0 Å². The van der Waals surface area contributed by atoms with E-state index in [-0.39, 0.29) is 31.0 Å². The minimum Gasteiger partial charge on any atom is -0.484 e. The highest BCUT2D eigenvalue weighted by Crippen LogP contribution is 2.24. The largest absolute Gasteiger partial charge is 0.484 e. The first-order valence-corrected chi connectivity index (χ1v) is 11.1. The van der Waals surface area contributed by atoms with Gasteiger partial charge in [0.1, 0.15) is 11.8 Å². The van der Waals surface area contributed by atoms with Crippen LogP contribution in [0.1, 0.15) is 43.9 Å².